The molecule has 0 unspecified atom stereocenters. The van der Waals surface area contributed by atoms with Crippen LogP contribution in [-0.2, 0) is 15.9 Å². The summed E-state index contributed by atoms with van der Waals surface area (Å²) in [6, 6.07) is 6.84. The van der Waals surface area contributed by atoms with Gasteiger partial charge in [-0.1, -0.05) is 45.6 Å². The molecular weight excluding hydrogens is 484 g/mol. The Morgan fingerprint density at radius 2 is 1.51 bits per heavy atom. The molecule has 1 aliphatic rings. The lowest BCUT2D eigenvalue weighted by atomic mass is 9.94. The fraction of sp³-hybridized carbons (Fsp3) is 0.481. The standard InChI is InChI=1S/C27H34O10/c1-3-5-7-11-33-26(31)36-22-10-9-17(13-24(22)37-27(32)34-12-8-6-4-2)25-21(30)16-19-20(29)14-18(28)15-23(19)35-25/h9-10,13-15,21,25,28-30H,3-8,11-12,16H2,1-2H3/t21-,25-/m1/s1. The van der Waals surface area contributed by atoms with E-state index in [4.69, 9.17) is 23.7 Å². The first-order valence-corrected chi connectivity index (χ1v) is 12.5. The lowest BCUT2D eigenvalue weighted by molar-refractivity contribution is 0.0196. The minimum Gasteiger partial charge on any atom is -0.508 e. The Hall–Kier alpha value is -3.66. The number of aromatic hydroxyl groups is 2. The summed E-state index contributed by atoms with van der Waals surface area (Å²) in [6.45, 7) is 4.43. The lowest BCUT2D eigenvalue weighted by Crippen LogP contribution is -2.30. The van der Waals surface area contributed by atoms with Gasteiger partial charge in [0.05, 0.1) is 19.3 Å². The molecule has 0 amide bonds. The molecule has 3 N–H and O–H groups in total. The van der Waals surface area contributed by atoms with Crippen LogP contribution in [0.4, 0.5) is 9.59 Å². The SMILES string of the molecule is CCCCCOC(=O)Oc1ccc([C@H]2Oc3cc(O)cc(O)c3C[C@H]2O)cc1OC(=O)OCCCCC. The number of benzene rings is 2. The number of phenolic OH excluding ortho intramolecular Hbond substituents is 2. The highest BCUT2D eigenvalue weighted by atomic mass is 16.7. The Labute approximate surface area is 215 Å². The van der Waals surface area contributed by atoms with Gasteiger partial charge in [0.2, 0.25) is 0 Å². The molecule has 0 radical (unpaired) electrons. The highest BCUT2D eigenvalue weighted by Crippen LogP contribution is 2.43. The van der Waals surface area contributed by atoms with Gasteiger partial charge in [0, 0.05) is 24.1 Å². The summed E-state index contributed by atoms with van der Waals surface area (Å²) in [7, 11) is 0. The summed E-state index contributed by atoms with van der Waals surface area (Å²) in [5.41, 5.74) is 0.762. The van der Waals surface area contributed by atoms with Crippen LogP contribution in [0.1, 0.15) is 69.6 Å². The average molecular weight is 519 g/mol. The molecule has 10 heteroatoms. The second-order valence-electron chi connectivity index (χ2n) is 8.77. The van der Waals surface area contributed by atoms with Crippen molar-refractivity contribution in [3.63, 3.8) is 0 Å². The van der Waals surface area contributed by atoms with Crippen LogP contribution in [-0.4, -0.2) is 46.9 Å². The normalized spacial score (nSPS) is 16.3. The van der Waals surface area contributed by atoms with E-state index in [2.05, 4.69) is 0 Å². The van der Waals surface area contributed by atoms with E-state index in [0.717, 1.165) is 25.7 Å². The molecule has 0 aliphatic carbocycles. The lowest BCUT2D eigenvalue weighted by Gasteiger charge is -2.31. The van der Waals surface area contributed by atoms with Gasteiger partial charge in [0.1, 0.15) is 23.4 Å². The third kappa shape index (κ3) is 7.91. The molecule has 0 bridgehead atoms. The van der Waals surface area contributed by atoms with Crippen LogP contribution in [0, 0.1) is 0 Å². The first-order valence-electron chi connectivity index (χ1n) is 12.5. The monoisotopic (exact) mass is 518 g/mol. The van der Waals surface area contributed by atoms with Gasteiger partial charge in [0.15, 0.2) is 11.5 Å². The number of fused-ring (bicyclic) bond motifs is 1. The van der Waals surface area contributed by atoms with E-state index in [1.54, 1.807) is 6.07 Å². The smallest absolute Gasteiger partial charge is 0.508 e. The molecule has 2 atom stereocenters. The summed E-state index contributed by atoms with van der Waals surface area (Å²) < 4.78 is 26.7. The molecule has 10 nitrogen and oxygen atoms in total. The van der Waals surface area contributed by atoms with E-state index in [0.29, 0.717) is 24.0 Å². The quantitative estimate of drug-likeness (QED) is 0.197. The predicted molar refractivity (Wildman–Crippen MR) is 132 cm³/mol. The fourth-order valence-electron chi connectivity index (χ4n) is 3.87. The van der Waals surface area contributed by atoms with E-state index in [1.165, 1.54) is 24.3 Å². The number of ether oxygens (including phenoxy) is 5. The van der Waals surface area contributed by atoms with Crippen molar-refractivity contribution >= 4 is 12.3 Å². The van der Waals surface area contributed by atoms with Gasteiger partial charge in [0.25, 0.3) is 0 Å². The summed E-state index contributed by atoms with van der Waals surface area (Å²) >= 11 is 0. The highest BCUT2D eigenvalue weighted by Gasteiger charge is 2.33. The van der Waals surface area contributed by atoms with Crippen molar-refractivity contribution in [2.75, 3.05) is 13.2 Å². The van der Waals surface area contributed by atoms with Crippen molar-refractivity contribution in [1.29, 1.82) is 0 Å². The zero-order valence-electron chi connectivity index (χ0n) is 21.1. The molecule has 202 valence electrons. The second-order valence-corrected chi connectivity index (χ2v) is 8.77. The Kier molecular flexibility index (Phi) is 10.3. The van der Waals surface area contributed by atoms with Gasteiger partial charge >= 0.3 is 12.3 Å². The van der Waals surface area contributed by atoms with Crippen LogP contribution in [0.15, 0.2) is 30.3 Å². The molecule has 0 saturated heterocycles. The molecule has 0 aromatic heterocycles. The van der Waals surface area contributed by atoms with Gasteiger partial charge in [-0.05, 0) is 30.5 Å². The van der Waals surface area contributed by atoms with E-state index in [1.807, 2.05) is 13.8 Å². The summed E-state index contributed by atoms with van der Waals surface area (Å²) in [5.74, 6) is -0.368. The number of carbonyl (C=O) groups excluding carboxylic acids is 2. The largest absolute Gasteiger partial charge is 0.513 e. The van der Waals surface area contributed by atoms with Gasteiger partial charge in [-0.25, -0.2) is 9.59 Å². The Morgan fingerprint density at radius 1 is 0.892 bits per heavy atom. The Morgan fingerprint density at radius 3 is 2.14 bits per heavy atom. The molecule has 0 fully saturated rings. The third-order valence-electron chi connectivity index (χ3n) is 5.81. The van der Waals surface area contributed by atoms with E-state index >= 15 is 0 Å². The predicted octanol–water partition coefficient (Wildman–Crippen LogP) is 5.55. The number of hydrogen-bond donors (Lipinski definition) is 3. The van der Waals surface area contributed by atoms with Gasteiger partial charge in [-0.2, -0.15) is 0 Å². The van der Waals surface area contributed by atoms with Crippen LogP contribution >= 0.6 is 0 Å². The van der Waals surface area contributed by atoms with Crippen molar-refractivity contribution in [3.8, 4) is 28.7 Å². The number of aliphatic hydroxyl groups is 1. The maximum Gasteiger partial charge on any atom is 0.513 e. The minimum absolute atomic E-state index is 0.0596. The van der Waals surface area contributed by atoms with Crippen molar-refractivity contribution in [3.05, 3.63) is 41.5 Å². The highest BCUT2D eigenvalue weighted by molar-refractivity contribution is 5.69. The molecule has 2 aromatic rings. The van der Waals surface area contributed by atoms with Crippen molar-refractivity contribution in [2.45, 2.75) is 71.0 Å². The molecule has 1 aliphatic heterocycles. The van der Waals surface area contributed by atoms with Crippen LogP contribution in [0.25, 0.3) is 0 Å². The number of unbranched alkanes of at least 4 members (excludes halogenated alkanes) is 4. The first kappa shape index (κ1) is 27.9. The molecule has 2 aromatic carbocycles. The van der Waals surface area contributed by atoms with Gasteiger partial charge in [-0.15, -0.1) is 0 Å². The average Bonchev–Trinajstić information content (AvgIpc) is 2.86. The van der Waals surface area contributed by atoms with Gasteiger partial charge in [-0.3, -0.25) is 0 Å². The molecule has 0 spiro atoms. The molecular formula is C27H34O10. The van der Waals surface area contributed by atoms with E-state index in [-0.39, 0.29) is 48.4 Å². The molecule has 1 heterocycles. The van der Waals surface area contributed by atoms with Crippen molar-refractivity contribution in [2.24, 2.45) is 0 Å². The van der Waals surface area contributed by atoms with Crippen molar-refractivity contribution in [1.82, 2.24) is 0 Å². The second kappa shape index (κ2) is 13.6. The molecule has 37 heavy (non-hydrogen) atoms. The Bertz CT molecular complexity index is 1070. The van der Waals surface area contributed by atoms with Crippen molar-refractivity contribution < 1.29 is 48.6 Å². The number of aliphatic hydroxyl groups excluding tert-OH is 1. The van der Waals surface area contributed by atoms with Crippen LogP contribution in [0.3, 0.4) is 0 Å². The molecule has 0 saturated carbocycles. The van der Waals surface area contributed by atoms with Gasteiger partial charge < -0.3 is 39.0 Å². The van der Waals surface area contributed by atoms with Crippen LogP contribution < -0.4 is 14.2 Å². The van der Waals surface area contributed by atoms with Crippen LogP contribution in [0.2, 0.25) is 0 Å². The molecule has 3 rings (SSSR count). The minimum atomic E-state index is -1.06. The van der Waals surface area contributed by atoms with Crippen LogP contribution in [0.5, 0.6) is 28.7 Å². The van der Waals surface area contributed by atoms with E-state index < -0.39 is 24.5 Å². The summed E-state index contributed by atoms with van der Waals surface area (Å²) in [5, 5.41) is 30.6. The zero-order valence-corrected chi connectivity index (χ0v) is 21.1. The number of rotatable bonds is 11. The maximum atomic E-state index is 12.3. The first-order chi connectivity index (χ1) is 17.8. The summed E-state index contributed by atoms with van der Waals surface area (Å²) in [6.07, 6.45) is 1.26. The fourth-order valence-corrected chi connectivity index (χ4v) is 3.87. The number of carbonyl (C=O) groups is 2. The number of hydrogen-bond acceptors (Lipinski definition) is 10. The zero-order chi connectivity index (χ0) is 26.8. The topological polar surface area (TPSA) is 141 Å². The maximum absolute atomic E-state index is 12.3. The number of phenols is 2. The Balaban J connectivity index is 1.80. The summed E-state index contributed by atoms with van der Waals surface area (Å²) in [4.78, 5) is 24.5. The van der Waals surface area contributed by atoms with E-state index in [9.17, 15) is 24.9 Å². The third-order valence-corrected chi connectivity index (χ3v) is 5.81.